The van der Waals surface area contributed by atoms with E-state index in [1.165, 1.54) is 4.90 Å². The third kappa shape index (κ3) is 2.75. The molecule has 1 saturated heterocycles. The second-order valence-electron chi connectivity index (χ2n) is 5.66. The van der Waals surface area contributed by atoms with Crippen LogP contribution in [0.5, 0.6) is 0 Å². The molecule has 0 aliphatic carbocycles. The Kier molecular flexibility index (Phi) is 3.76. The van der Waals surface area contributed by atoms with Crippen LogP contribution in [-0.2, 0) is 6.54 Å². The monoisotopic (exact) mass is 250 g/mol. The van der Waals surface area contributed by atoms with Crippen LogP contribution in [0.2, 0.25) is 0 Å². The predicted octanol–water partition coefficient (Wildman–Crippen LogP) is 2.07. The van der Waals surface area contributed by atoms with E-state index in [4.69, 9.17) is 4.42 Å². The number of nitrogens with zero attached hydrogens (tertiary/aromatic N) is 2. The fourth-order valence-corrected chi connectivity index (χ4v) is 2.18. The number of hydrogen-bond acceptors (Lipinski definition) is 3. The van der Waals surface area contributed by atoms with E-state index in [9.17, 15) is 4.79 Å². The number of furan rings is 1. The van der Waals surface area contributed by atoms with Crippen molar-refractivity contribution in [1.82, 2.24) is 9.80 Å². The second kappa shape index (κ2) is 5.14. The van der Waals surface area contributed by atoms with E-state index in [1.807, 2.05) is 6.07 Å². The van der Waals surface area contributed by atoms with Gasteiger partial charge in [0.25, 0.3) is 5.91 Å². The lowest BCUT2D eigenvalue weighted by atomic mass is 9.88. The molecule has 0 spiro atoms. The number of carbonyl (C=O) groups excluding carboxylic acids is 1. The van der Waals surface area contributed by atoms with Gasteiger partial charge in [-0.05, 0) is 24.0 Å². The summed E-state index contributed by atoms with van der Waals surface area (Å²) in [6.07, 6.45) is 0. The van der Waals surface area contributed by atoms with E-state index in [2.05, 4.69) is 18.7 Å². The average molecular weight is 250 g/mol. The second-order valence-corrected chi connectivity index (χ2v) is 5.66. The summed E-state index contributed by atoms with van der Waals surface area (Å²) in [5.41, 5.74) is 0. The molecule has 1 aromatic heterocycles. The number of carbonyl (C=O) groups is 1. The molecule has 0 N–H and O–H groups in total. The fourth-order valence-electron chi connectivity index (χ4n) is 2.18. The molecule has 1 amide bonds. The van der Waals surface area contributed by atoms with E-state index in [0.717, 1.165) is 37.2 Å². The van der Waals surface area contributed by atoms with Crippen LogP contribution in [-0.4, -0.2) is 42.9 Å². The maximum Gasteiger partial charge on any atom is 0.289 e. The van der Waals surface area contributed by atoms with Crippen molar-refractivity contribution >= 4 is 5.91 Å². The first-order valence-corrected chi connectivity index (χ1v) is 6.50. The van der Waals surface area contributed by atoms with E-state index < -0.39 is 0 Å². The van der Waals surface area contributed by atoms with Crippen molar-refractivity contribution in [2.24, 2.45) is 11.8 Å². The molecule has 2 heterocycles. The van der Waals surface area contributed by atoms with Gasteiger partial charge in [0.2, 0.25) is 0 Å². The molecule has 1 aliphatic heterocycles. The Morgan fingerprint density at radius 1 is 1.44 bits per heavy atom. The summed E-state index contributed by atoms with van der Waals surface area (Å²) in [6.45, 7) is 7.61. The minimum atomic E-state index is -0.0788. The van der Waals surface area contributed by atoms with Crippen molar-refractivity contribution in [3.8, 4) is 0 Å². The van der Waals surface area contributed by atoms with E-state index in [-0.39, 0.29) is 5.91 Å². The van der Waals surface area contributed by atoms with Crippen LogP contribution in [0, 0.1) is 11.8 Å². The van der Waals surface area contributed by atoms with Crippen LogP contribution < -0.4 is 0 Å². The normalized spacial score (nSPS) is 16.9. The van der Waals surface area contributed by atoms with Crippen LogP contribution in [0.15, 0.2) is 16.5 Å². The minimum absolute atomic E-state index is 0.0788. The lowest BCUT2D eigenvalue weighted by Crippen LogP contribution is -2.48. The number of hydrogen-bond donors (Lipinski definition) is 0. The van der Waals surface area contributed by atoms with Crippen molar-refractivity contribution in [1.29, 1.82) is 0 Å². The topological polar surface area (TPSA) is 36.7 Å². The van der Waals surface area contributed by atoms with Gasteiger partial charge in [-0.3, -0.25) is 9.69 Å². The molecule has 0 unspecified atom stereocenters. The minimum Gasteiger partial charge on any atom is -0.455 e. The zero-order valence-electron chi connectivity index (χ0n) is 11.6. The van der Waals surface area contributed by atoms with E-state index >= 15 is 0 Å². The average Bonchev–Trinajstić information content (AvgIpc) is 2.69. The van der Waals surface area contributed by atoms with Gasteiger partial charge in [-0.15, -0.1) is 0 Å². The molecule has 0 aromatic carbocycles. The molecule has 0 saturated carbocycles. The van der Waals surface area contributed by atoms with Crippen LogP contribution >= 0.6 is 0 Å². The molecule has 2 rings (SSSR count). The third-order valence-electron chi connectivity index (χ3n) is 3.59. The number of likely N-dealkylation sites (tertiary alicyclic amines) is 1. The summed E-state index contributed by atoms with van der Waals surface area (Å²) >= 11 is 0. The number of rotatable bonds is 4. The fraction of sp³-hybridized carbons (Fsp3) is 0.643. The first-order valence-electron chi connectivity index (χ1n) is 6.50. The molecule has 1 aliphatic rings. The van der Waals surface area contributed by atoms with Crippen molar-refractivity contribution in [3.05, 3.63) is 23.7 Å². The first kappa shape index (κ1) is 13.1. The summed E-state index contributed by atoms with van der Waals surface area (Å²) in [6, 6.07) is 3.66. The van der Waals surface area contributed by atoms with Crippen molar-refractivity contribution < 1.29 is 9.21 Å². The van der Waals surface area contributed by atoms with Crippen molar-refractivity contribution in [2.75, 3.05) is 27.2 Å². The molecule has 1 fully saturated rings. The molecule has 0 bridgehead atoms. The highest BCUT2D eigenvalue weighted by Crippen LogP contribution is 2.25. The largest absolute Gasteiger partial charge is 0.455 e. The predicted molar refractivity (Wildman–Crippen MR) is 70.3 cm³/mol. The SMILES string of the molecule is CC(C)C1CN(Cc2ccc(C(=O)N(C)C)o2)C1. The maximum atomic E-state index is 11.7. The summed E-state index contributed by atoms with van der Waals surface area (Å²) in [5, 5.41) is 0. The van der Waals surface area contributed by atoms with Gasteiger partial charge in [0.15, 0.2) is 5.76 Å². The zero-order valence-corrected chi connectivity index (χ0v) is 11.6. The van der Waals surface area contributed by atoms with Gasteiger partial charge >= 0.3 is 0 Å². The van der Waals surface area contributed by atoms with Crippen LogP contribution in [0.1, 0.15) is 30.2 Å². The van der Waals surface area contributed by atoms with Gasteiger partial charge in [-0.25, -0.2) is 0 Å². The van der Waals surface area contributed by atoms with Gasteiger partial charge in [-0.2, -0.15) is 0 Å². The lowest BCUT2D eigenvalue weighted by molar-refractivity contribution is 0.0542. The first-order chi connectivity index (χ1) is 8.47. The van der Waals surface area contributed by atoms with Crippen LogP contribution in [0.4, 0.5) is 0 Å². The summed E-state index contributed by atoms with van der Waals surface area (Å²) < 4.78 is 5.58. The van der Waals surface area contributed by atoms with Gasteiger partial charge in [0, 0.05) is 27.2 Å². The highest BCUT2D eigenvalue weighted by atomic mass is 16.4. The van der Waals surface area contributed by atoms with Gasteiger partial charge < -0.3 is 9.32 Å². The summed E-state index contributed by atoms with van der Waals surface area (Å²) in [5.74, 6) is 2.79. The van der Waals surface area contributed by atoms with E-state index in [1.54, 1.807) is 20.2 Å². The number of amides is 1. The van der Waals surface area contributed by atoms with Gasteiger partial charge in [0.1, 0.15) is 5.76 Å². The highest BCUT2D eigenvalue weighted by molar-refractivity contribution is 5.91. The summed E-state index contributed by atoms with van der Waals surface area (Å²) in [4.78, 5) is 15.6. The van der Waals surface area contributed by atoms with Crippen LogP contribution in [0.3, 0.4) is 0 Å². The maximum absolute atomic E-state index is 11.7. The third-order valence-corrected chi connectivity index (χ3v) is 3.59. The molecule has 0 radical (unpaired) electrons. The molecule has 0 atom stereocenters. The smallest absolute Gasteiger partial charge is 0.289 e. The lowest BCUT2D eigenvalue weighted by Gasteiger charge is -2.41. The Labute approximate surface area is 109 Å². The quantitative estimate of drug-likeness (QED) is 0.821. The van der Waals surface area contributed by atoms with Gasteiger partial charge in [-0.1, -0.05) is 13.8 Å². The molecule has 18 heavy (non-hydrogen) atoms. The zero-order chi connectivity index (χ0) is 13.3. The molecular formula is C14H22N2O2. The van der Waals surface area contributed by atoms with Crippen molar-refractivity contribution in [3.63, 3.8) is 0 Å². The molecule has 4 nitrogen and oxygen atoms in total. The Balaban J connectivity index is 1.87. The van der Waals surface area contributed by atoms with Crippen molar-refractivity contribution in [2.45, 2.75) is 20.4 Å². The van der Waals surface area contributed by atoms with Crippen LogP contribution in [0.25, 0.3) is 0 Å². The molecule has 1 aromatic rings. The Hall–Kier alpha value is -1.29. The molecule has 100 valence electrons. The standard InChI is InChI=1S/C14H22N2O2/c1-10(2)11-7-16(8-11)9-12-5-6-13(18-12)14(17)15(3)4/h5-6,10-11H,7-9H2,1-4H3. The Bertz CT molecular complexity index is 417. The summed E-state index contributed by atoms with van der Waals surface area (Å²) in [7, 11) is 3.46. The highest BCUT2D eigenvalue weighted by Gasteiger charge is 2.29. The Morgan fingerprint density at radius 3 is 2.67 bits per heavy atom. The van der Waals surface area contributed by atoms with E-state index in [0.29, 0.717) is 5.76 Å². The van der Waals surface area contributed by atoms with Gasteiger partial charge in [0.05, 0.1) is 6.54 Å². The Morgan fingerprint density at radius 2 is 2.11 bits per heavy atom. The molecular weight excluding hydrogens is 228 g/mol. The molecule has 4 heteroatoms.